The topological polar surface area (TPSA) is 17.1 Å². The smallest absolute Gasteiger partial charge is 0.186 e. The van der Waals surface area contributed by atoms with Gasteiger partial charge in [-0.1, -0.05) is 112 Å². The minimum Gasteiger partial charge on any atom is -0.289 e. The van der Waals surface area contributed by atoms with Crippen LogP contribution >= 0.6 is 0 Å². The van der Waals surface area contributed by atoms with Crippen LogP contribution in [-0.4, -0.2) is 5.78 Å². The lowest BCUT2D eigenvalue weighted by Gasteiger charge is -2.13. The maximum Gasteiger partial charge on any atom is 0.186 e. The van der Waals surface area contributed by atoms with E-state index in [0.717, 1.165) is 36.8 Å². The van der Waals surface area contributed by atoms with Crippen LogP contribution in [0, 0.1) is 0 Å². The molecule has 4 rings (SSSR count). The van der Waals surface area contributed by atoms with Gasteiger partial charge in [-0.25, -0.2) is 0 Å². The summed E-state index contributed by atoms with van der Waals surface area (Å²) in [6.45, 7) is 0. The van der Waals surface area contributed by atoms with Crippen LogP contribution in [0.25, 0.3) is 11.1 Å². The Morgan fingerprint density at radius 3 is 1.13 bits per heavy atom. The lowest BCUT2D eigenvalue weighted by Crippen LogP contribution is -2.03. The van der Waals surface area contributed by atoms with Crippen molar-refractivity contribution >= 4 is 16.9 Å². The van der Waals surface area contributed by atoms with Crippen molar-refractivity contribution in [1.29, 1.82) is 0 Å². The fourth-order valence-corrected chi connectivity index (χ4v) is 5.05. The average molecular weight is 399 g/mol. The summed E-state index contributed by atoms with van der Waals surface area (Å²) in [5.41, 5.74) is 6.91. The largest absolute Gasteiger partial charge is 0.289 e. The molecule has 0 unspecified atom stereocenters. The highest BCUT2D eigenvalue weighted by molar-refractivity contribution is 6.32. The van der Waals surface area contributed by atoms with Gasteiger partial charge in [-0.15, -0.1) is 0 Å². The maximum absolute atomic E-state index is 13.7. The molecule has 0 saturated heterocycles. The molecule has 156 valence electrons. The number of ketones is 1. The van der Waals surface area contributed by atoms with E-state index in [2.05, 4.69) is 60.7 Å². The van der Waals surface area contributed by atoms with Crippen molar-refractivity contribution in [3.63, 3.8) is 0 Å². The molecule has 30 heavy (non-hydrogen) atoms. The van der Waals surface area contributed by atoms with Crippen LogP contribution in [0.1, 0.15) is 88.2 Å². The summed E-state index contributed by atoms with van der Waals surface area (Å²) in [6.07, 6.45) is 14.5. The van der Waals surface area contributed by atoms with E-state index in [1.165, 1.54) is 73.6 Å². The monoisotopic (exact) mass is 398 g/mol. The third-order valence-electron chi connectivity index (χ3n) is 6.63. The second-order valence-electron chi connectivity index (χ2n) is 8.80. The predicted molar refractivity (Wildman–Crippen MR) is 127 cm³/mol. The van der Waals surface area contributed by atoms with Crippen LogP contribution in [-0.2, 0) is 4.79 Å². The molecule has 0 N–H and O–H groups in total. The molecule has 0 spiro atoms. The Morgan fingerprint density at radius 2 is 0.767 bits per heavy atom. The number of carbonyl (C=O) groups excluding carboxylic acids is 1. The number of Topliss-reactive ketones (excluding diaryl/α,β-unsaturated/α-hetero) is 1. The summed E-state index contributed by atoms with van der Waals surface area (Å²) < 4.78 is 0. The quantitative estimate of drug-likeness (QED) is 0.498. The molecule has 1 nitrogen and oxygen atoms in total. The van der Waals surface area contributed by atoms with E-state index in [1.807, 2.05) is 0 Å². The van der Waals surface area contributed by atoms with Gasteiger partial charge in [-0.3, -0.25) is 4.79 Å². The fourth-order valence-electron chi connectivity index (χ4n) is 5.05. The molecule has 1 heteroatoms. The minimum atomic E-state index is 0.322. The van der Waals surface area contributed by atoms with Crippen LogP contribution in [0.5, 0.6) is 0 Å². The van der Waals surface area contributed by atoms with Crippen molar-refractivity contribution in [2.24, 2.45) is 0 Å². The molecule has 1 saturated carbocycles. The third-order valence-corrected chi connectivity index (χ3v) is 6.63. The van der Waals surface area contributed by atoms with Crippen LogP contribution < -0.4 is 0 Å². The lowest BCUT2D eigenvalue weighted by atomic mass is 9.90. The second-order valence-corrected chi connectivity index (χ2v) is 8.80. The fraction of sp³-hybridized carbons (Fsp3) is 0.414. The van der Waals surface area contributed by atoms with Crippen LogP contribution in [0.4, 0.5) is 0 Å². The molecular formula is C29H34O. The summed E-state index contributed by atoms with van der Waals surface area (Å²) in [7, 11) is 0. The van der Waals surface area contributed by atoms with Crippen molar-refractivity contribution in [2.75, 3.05) is 0 Å². The highest BCUT2D eigenvalue weighted by atomic mass is 16.1. The first-order valence-electron chi connectivity index (χ1n) is 12.0. The van der Waals surface area contributed by atoms with Crippen molar-refractivity contribution < 1.29 is 4.79 Å². The van der Waals surface area contributed by atoms with Gasteiger partial charge in [0, 0.05) is 11.1 Å². The van der Waals surface area contributed by atoms with E-state index in [1.54, 1.807) is 0 Å². The zero-order valence-corrected chi connectivity index (χ0v) is 18.2. The number of hydrogen-bond donors (Lipinski definition) is 0. The molecule has 1 fully saturated rings. The minimum absolute atomic E-state index is 0.322. The summed E-state index contributed by atoms with van der Waals surface area (Å²) >= 11 is 0. The van der Waals surface area contributed by atoms with E-state index >= 15 is 0 Å². The Kier molecular flexibility index (Phi) is 7.34. The van der Waals surface area contributed by atoms with Gasteiger partial charge in [0.15, 0.2) is 5.78 Å². The van der Waals surface area contributed by atoms with Gasteiger partial charge in [-0.2, -0.15) is 0 Å². The zero-order chi connectivity index (χ0) is 20.6. The molecule has 2 aliphatic carbocycles. The number of fused-ring (bicyclic) bond motifs is 2. The standard InChI is InChI=1S/C29H34O/c30-29-25-21-15-7-5-3-1-2-4-6-8-16-22-26(29)28(24-19-13-10-14-20-24)27(25)23-17-11-9-12-18-23/h9-14,17-20H,1-8,15-16,21-22H2. The molecule has 0 heterocycles. The average Bonchev–Trinajstić information content (AvgIpc) is 3.06. The number of benzene rings is 2. The van der Waals surface area contributed by atoms with Gasteiger partial charge in [0.2, 0.25) is 0 Å². The summed E-state index contributed by atoms with van der Waals surface area (Å²) in [5.74, 6) is 0.322. The van der Waals surface area contributed by atoms with Crippen LogP contribution in [0.3, 0.4) is 0 Å². The van der Waals surface area contributed by atoms with E-state index in [9.17, 15) is 4.79 Å². The first-order chi connectivity index (χ1) is 14.9. The van der Waals surface area contributed by atoms with E-state index in [4.69, 9.17) is 0 Å². The number of allylic oxidation sites excluding steroid dienone is 4. The Bertz CT molecular complexity index is 826. The van der Waals surface area contributed by atoms with E-state index < -0.39 is 0 Å². The zero-order valence-electron chi connectivity index (χ0n) is 18.2. The SMILES string of the molecule is O=C1C2=C(c3ccccc3)C(c3ccccc3)=C1CCCCCCCCCCCC2. The molecule has 0 aromatic heterocycles. The Morgan fingerprint density at radius 1 is 0.433 bits per heavy atom. The van der Waals surface area contributed by atoms with Crippen molar-refractivity contribution in [1.82, 2.24) is 0 Å². The molecule has 0 atom stereocenters. The lowest BCUT2D eigenvalue weighted by molar-refractivity contribution is -0.112. The predicted octanol–water partition coefficient (Wildman–Crippen LogP) is 8.17. The van der Waals surface area contributed by atoms with Gasteiger partial charge >= 0.3 is 0 Å². The molecule has 2 aromatic carbocycles. The highest BCUT2D eigenvalue weighted by Crippen LogP contribution is 2.45. The first kappa shape index (κ1) is 20.8. The van der Waals surface area contributed by atoms with Crippen LogP contribution in [0.2, 0.25) is 0 Å². The Balaban J connectivity index is 1.77. The van der Waals surface area contributed by atoms with Crippen molar-refractivity contribution in [3.8, 4) is 0 Å². The van der Waals surface area contributed by atoms with Gasteiger partial charge in [0.05, 0.1) is 0 Å². The summed E-state index contributed by atoms with van der Waals surface area (Å²) in [4.78, 5) is 13.7. The van der Waals surface area contributed by atoms with Crippen molar-refractivity contribution in [2.45, 2.75) is 77.0 Å². The number of carbonyl (C=O) groups is 1. The molecule has 2 aromatic rings. The molecule has 0 aliphatic heterocycles. The molecule has 2 bridgehead atoms. The normalized spacial score (nSPS) is 19.5. The molecule has 0 radical (unpaired) electrons. The van der Waals surface area contributed by atoms with Gasteiger partial charge < -0.3 is 0 Å². The van der Waals surface area contributed by atoms with Gasteiger partial charge in [-0.05, 0) is 48.0 Å². The maximum atomic E-state index is 13.7. The van der Waals surface area contributed by atoms with E-state index in [-0.39, 0.29) is 0 Å². The third kappa shape index (κ3) is 4.83. The first-order valence-corrected chi connectivity index (χ1v) is 12.0. The van der Waals surface area contributed by atoms with Gasteiger partial charge in [0.25, 0.3) is 0 Å². The second kappa shape index (κ2) is 10.6. The highest BCUT2D eigenvalue weighted by Gasteiger charge is 2.32. The number of rotatable bonds is 2. The Hall–Kier alpha value is -2.41. The Labute approximate surface area is 181 Å². The van der Waals surface area contributed by atoms with E-state index in [0.29, 0.717) is 5.78 Å². The molecule has 0 amide bonds. The summed E-state index contributed by atoms with van der Waals surface area (Å²) in [6, 6.07) is 21.2. The van der Waals surface area contributed by atoms with Crippen molar-refractivity contribution in [3.05, 3.63) is 82.9 Å². The number of hydrogen-bond acceptors (Lipinski definition) is 1. The molecule has 2 aliphatic rings. The summed E-state index contributed by atoms with van der Waals surface area (Å²) in [5, 5.41) is 0. The molecular weight excluding hydrogens is 364 g/mol. The van der Waals surface area contributed by atoms with Crippen LogP contribution in [0.15, 0.2) is 71.8 Å². The van der Waals surface area contributed by atoms with Gasteiger partial charge in [0.1, 0.15) is 0 Å².